The van der Waals surface area contributed by atoms with Crippen LogP contribution in [-0.4, -0.2) is 18.4 Å². The van der Waals surface area contributed by atoms with E-state index in [-0.39, 0.29) is 5.60 Å². The second-order valence-electron chi connectivity index (χ2n) is 3.38. The van der Waals surface area contributed by atoms with Gasteiger partial charge in [0.1, 0.15) is 12.2 Å². The van der Waals surface area contributed by atoms with Crippen LogP contribution in [0.3, 0.4) is 0 Å². The molecule has 0 aromatic heterocycles. The quantitative estimate of drug-likeness (QED) is 0.502. The fraction of sp³-hybridized carbons (Fsp3) is 0.875. The lowest BCUT2D eigenvalue weighted by molar-refractivity contribution is 0.0259. The minimum atomic E-state index is -0.480. The zero-order valence-corrected chi connectivity index (χ0v) is 6.47. The van der Waals surface area contributed by atoms with Gasteiger partial charge < -0.3 is 9.47 Å². The second-order valence-corrected chi connectivity index (χ2v) is 3.38. The fourth-order valence-electron chi connectivity index (χ4n) is 1.87. The highest BCUT2D eigenvalue weighted by Gasteiger charge is 2.42. The van der Waals surface area contributed by atoms with Crippen LogP contribution in [0.4, 0.5) is 4.79 Å². The van der Waals surface area contributed by atoms with Crippen LogP contribution in [-0.2, 0) is 9.47 Å². The van der Waals surface area contributed by atoms with E-state index < -0.39 is 6.16 Å². The first-order chi connectivity index (χ1) is 5.31. The maximum Gasteiger partial charge on any atom is 0.509 e. The van der Waals surface area contributed by atoms with E-state index in [1.54, 1.807) is 0 Å². The van der Waals surface area contributed by atoms with Crippen molar-refractivity contribution in [1.29, 1.82) is 0 Å². The van der Waals surface area contributed by atoms with Gasteiger partial charge in [-0.05, 0) is 25.7 Å². The van der Waals surface area contributed by atoms with Gasteiger partial charge >= 0.3 is 6.16 Å². The van der Waals surface area contributed by atoms with Crippen LogP contribution in [0.2, 0.25) is 0 Å². The molecule has 0 aromatic rings. The summed E-state index contributed by atoms with van der Waals surface area (Å²) < 4.78 is 9.91. The molecule has 1 spiro atoms. The first-order valence-electron chi connectivity index (χ1n) is 4.17. The number of carbonyl (C=O) groups excluding carboxylic acids is 1. The highest BCUT2D eigenvalue weighted by atomic mass is 16.8. The lowest BCUT2D eigenvalue weighted by atomic mass is 9.86. The Bertz CT molecular complexity index is 170. The second kappa shape index (κ2) is 2.40. The predicted octanol–water partition coefficient (Wildman–Crippen LogP) is 1.86. The van der Waals surface area contributed by atoms with E-state index in [0.717, 1.165) is 25.7 Å². The van der Waals surface area contributed by atoms with Crippen molar-refractivity contribution in [1.82, 2.24) is 0 Å². The molecule has 2 rings (SSSR count). The van der Waals surface area contributed by atoms with Crippen LogP contribution >= 0.6 is 0 Å². The molecule has 2 fully saturated rings. The molecule has 0 atom stereocenters. The Morgan fingerprint density at radius 2 is 1.91 bits per heavy atom. The molecule has 1 aliphatic heterocycles. The Labute approximate surface area is 65.7 Å². The SMILES string of the molecule is O=C1OCC2(CCCCC2)O1. The van der Waals surface area contributed by atoms with E-state index in [2.05, 4.69) is 0 Å². The van der Waals surface area contributed by atoms with Crippen molar-refractivity contribution < 1.29 is 14.3 Å². The standard InChI is InChI=1S/C8H12O3/c9-7-10-6-8(11-7)4-2-1-3-5-8/h1-6H2. The Morgan fingerprint density at radius 3 is 2.45 bits per heavy atom. The van der Waals surface area contributed by atoms with Gasteiger partial charge in [-0.3, -0.25) is 0 Å². The largest absolute Gasteiger partial charge is 0.509 e. The van der Waals surface area contributed by atoms with Crippen LogP contribution in [0.25, 0.3) is 0 Å². The zero-order chi connectivity index (χ0) is 7.73. The molecule has 0 amide bonds. The molecule has 1 aliphatic carbocycles. The smallest absolute Gasteiger partial charge is 0.430 e. The van der Waals surface area contributed by atoms with Crippen molar-refractivity contribution in [3.05, 3.63) is 0 Å². The first kappa shape index (κ1) is 6.95. The summed E-state index contributed by atoms with van der Waals surface area (Å²) in [5.74, 6) is 0. The average molecular weight is 156 g/mol. The lowest BCUT2D eigenvalue weighted by Gasteiger charge is -2.28. The van der Waals surface area contributed by atoms with Gasteiger partial charge in [-0.2, -0.15) is 0 Å². The van der Waals surface area contributed by atoms with Gasteiger partial charge in [0.15, 0.2) is 0 Å². The van der Waals surface area contributed by atoms with Gasteiger partial charge in [-0.25, -0.2) is 4.79 Å². The summed E-state index contributed by atoms with van der Waals surface area (Å²) in [5, 5.41) is 0. The molecule has 1 heterocycles. The van der Waals surface area contributed by atoms with E-state index in [9.17, 15) is 4.79 Å². The minimum absolute atomic E-state index is 0.227. The van der Waals surface area contributed by atoms with E-state index in [4.69, 9.17) is 9.47 Å². The summed E-state index contributed by atoms with van der Waals surface area (Å²) in [7, 11) is 0. The van der Waals surface area contributed by atoms with E-state index in [1.807, 2.05) is 0 Å². The third-order valence-corrected chi connectivity index (χ3v) is 2.52. The van der Waals surface area contributed by atoms with Gasteiger partial charge in [0, 0.05) is 0 Å². The third kappa shape index (κ3) is 1.19. The third-order valence-electron chi connectivity index (χ3n) is 2.52. The number of hydrogen-bond donors (Lipinski definition) is 0. The van der Waals surface area contributed by atoms with Gasteiger partial charge in [0.2, 0.25) is 0 Å². The predicted molar refractivity (Wildman–Crippen MR) is 38.2 cm³/mol. The molecule has 0 N–H and O–H groups in total. The molecule has 11 heavy (non-hydrogen) atoms. The number of ether oxygens (including phenoxy) is 2. The number of rotatable bonds is 0. The number of hydrogen-bond acceptors (Lipinski definition) is 3. The molecular weight excluding hydrogens is 144 g/mol. The van der Waals surface area contributed by atoms with Crippen LogP contribution in [0, 0.1) is 0 Å². The minimum Gasteiger partial charge on any atom is -0.430 e. The molecule has 62 valence electrons. The van der Waals surface area contributed by atoms with Crippen LogP contribution in [0.5, 0.6) is 0 Å². The van der Waals surface area contributed by atoms with Crippen molar-refractivity contribution >= 4 is 6.16 Å². The van der Waals surface area contributed by atoms with Gasteiger partial charge in [-0.15, -0.1) is 0 Å². The van der Waals surface area contributed by atoms with Crippen molar-refractivity contribution in [2.75, 3.05) is 6.61 Å². The summed E-state index contributed by atoms with van der Waals surface area (Å²) in [4.78, 5) is 10.7. The Kier molecular flexibility index (Phi) is 1.51. The molecule has 2 aliphatic rings. The number of cyclic esters (lactones) is 1. The Balaban J connectivity index is 2.03. The highest BCUT2D eigenvalue weighted by Crippen LogP contribution is 2.35. The van der Waals surface area contributed by atoms with E-state index in [1.165, 1.54) is 6.42 Å². The monoisotopic (exact) mass is 156 g/mol. The van der Waals surface area contributed by atoms with Crippen molar-refractivity contribution in [3.8, 4) is 0 Å². The normalized spacial score (nSPS) is 28.2. The summed E-state index contributed by atoms with van der Waals surface area (Å²) in [6.45, 7) is 0.478. The van der Waals surface area contributed by atoms with Crippen LogP contribution in [0.1, 0.15) is 32.1 Å². The first-order valence-corrected chi connectivity index (χ1v) is 4.17. The van der Waals surface area contributed by atoms with Crippen molar-refractivity contribution in [3.63, 3.8) is 0 Å². The van der Waals surface area contributed by atoms with Crippen molar-refractivity contribution in [2.24, 2.45) is 0 Å². The maximum atomic E-state index is 10.7. The molecule has 1 saturated heterocycles. The molecule has 1 saturated carbocycles. The fourth-order valence-corrected chi connectivity index (χ4v) is 1.87. The average Bonchev–Trinajstić information content (AvgIpc) is 2.34. The summed E-state index contributed by atoms with van der Waals surface area (Å²) in [6.07, 6.45) is 5.08. The summed E-state index contributed by atoms with van der Waals surface area (Å²) >= 11 is 0. The molecule has 0 unspecified atom stereocenters. The molecule has 0 radical (unpaired) electrons. The Morgan fingerprint density at radius 1 is 1.18 bits per heavy atom. The highest BCUT2D eigenvalue weighted by molar-refractivity contribution is 5.62. The Hall–Kier alpha value is -0.730. The van der Waals surface area contributed by atoms with Crippen LogP contribution in [0.15, 0.2) is 0 Å². The molecule has 3 nitrogen and oxygen atoms in total. The lowest BCUT2D eigenvalue weighted by Crippen LogP contribution is -2.33. The number of carbonyl (C=O) groups is 1. The van der Waals surface area contributed by atoms with Gasteiger partial charge in [0.05, 0.1) is 0 Å². The molecule has 0 bridgehead atoms. The van der Waals surface area contributed by atoms with Crippen LogP contribution < -0.4 is 0 Å². The maximum absolute atomic E-state index is 10.7. The van der Waals surface area contributed by atoms with E-state index in [0.29, 0.717) is 6.61 Å². The summed E-state index contributed by atoms with van der Waals surface area (Å²) in [6, 6.07) is 0. The van der Waals surface area contributed by atoms with E-state index >= 15 is 0 Å². The zero-order valence-electron chi connectivity index (χ0n) is 6.47. The molecular formula is C8H12O3. The molecule has 3 heteroatoms. The van der Waals surface area contributed by atoms with Gasteiger partial charge in [0.25, 0.3) is 0 Å². The van der Waals surface area contributed by atoms with Crippen molar-refractivity contribution in [2.45, 2.75) is 37.7 Å². The van der Waals surface area contributed by atoms with Gasteiger partial charge in [-0.1, -0.05) is 6.42 Å². The summed E-state index contributed by atoms with van der Waals surface area (Å²) in [5.41, 5.74) is -0.227. The molecule has 0 aromatic carbocycles. The topological polar surface area (TPSA) is 35.5 Å².